The molecule has 0 aliphatic rings. The molecule has 31 heavy (non-hydrogen) atoms. The Hall–Kier alpha value is -4.10. The first-order valence-electron chi connectivity index (χ1n) is 9.80. The maximum Gasteiger partial charge on any atom is 0.285 e. The first-order valence-corrected chi connectivity index (χ1v) is 9.80. The number of para-hydroxylation sites is 1. The van der Waals surface area contributed by atoms with E-state index in [0.717, 1.165) is 33.8 Å². The number of aromatic nitrogens is 4. The van der Waals surface area contributed by atoms with Gasteiger partial charge in [-0.2, -0.15) is 4.40 Å². The molecule has 0 saturated carbocycles. The third-order valence-corrected chi connectivity index (χ3v) is 4.99. The Morgan fingerprint density at radius 3 is 2.58 bits per heavy atom. The van der Waals surface area contributed by atoms with Crippen LogP contribution in [0.25, 0.3) is 28.3 Å². The van der Waals surface area contributed by atoms with E-state index < -0.39 is 0 Å². The van der Waals surface area contributed by atoms with Crippen molar-refractivity contribution in [1.29, 1.82) is 0 Å². The molecule has 5 rings (SSSR count). The molecule has 0 spiro atoms. The highest BCUT2D eigenvalue weighted by Gasteiger charge is 2.24. The van der Waals surface area contributed by atoms with Crippen molar-refractivity contribution < 1.29 is 13.9 Å². The number of benzene rings is 2. The molecular formula is C24H19FN5O+. The van der Waals surface area contributed by atoms with Crippen molar-refractivity contribution in [1.82, 2.24) is 15.0 Å². The van der Waals surface area contributed by atoms with Crippen molar-refractivity contribution in [2.45, 2.75) is 6.61 Å². The van der Waals surface area contributed by atoms with E-state index in [1.54, 1.807) is 18.3 Å². The van der Waals surface area contributed by atoms with Crippen LogP contribution < -0.4 is 9.72 Å². The summed E-state index contributed by atoms with van der Waals surface area (Å²) in [5.41, 5.74) is 5.58. The largest absolute Gasteiger partial charge is 0.392 e. The zero-order valence-electron chi connectivity index (χ0n) is 16.5. The number of H-pyrrole nitrogens is 1. The molecule has 0 aliphatic heterocycles. The monoisotopic (exact) mass is 412 g/mol. The normalized spacial score (nSPS) is 11.0. The van der Waals surface area contributed by atoms with E-state index in [1.165, 1.54) is 12.1 Å². The molecular weight excluding hydrogens is 393 g/mol. The summed E-state index contributed by atoms with van der Waals surface area (Å²) in [5, 5.41) is 12.7. The zero-order valence-corrected chi connectivity index (χ0v) is 16.5. The standard InChI is InChI=1S/C24H18FN5O/c25-18-8-6-17(7-9-18)22-23(30-13-11-16(15-31)14-21(30)29-22)20-10-12-26-24(28-20)27-19-4-2-1-3-5-19/h1-14,31H,15H2,(H,26,27,28)/p+1. The van der Waals surface area contributed by atoms with Gasteiger partial charge < -0.3 is 10.4 Å². The lowest BCUT2D eigenvalue weighted by Crippen LogP contribution is -2.22. The Bertz CT molecular complexity index is 1350. The lowest BCUT2D eigenvalue weighted by atomic mass is 10.1. The van der Waals surface area contributed by atoms with E-state index in [9.17, 15) is 9.50 Å². The number of nitrogens with one attached hydrogen (secondary N) is 2. The Kier molecular flexibility index (Phi) is 4.86. The minimum atomic E-state index is -0.298. The van der Waals surface area contributed by atoms with Crippen LogP contribution >= 0.6 is 0 Å². The highest BCUT2D eigenvalue weighted by atomic mass is 19.1. The molecule has 0 unspecified atom stereocenters. The van der Waals surface area contributed by atoms with E-state index in [1.807, 2.05) is 59.1 Å². The topological polar surface area (TPSA) is 77.9 Å². The van der Waals surface area contributed by atoms with Crippen LogP contribution in [0.1, 0.15) is 5.56 Å². The SMILES string of the molecule is OCc1cc[n+]2c(-c3ccnc(Nc4ccccc4)n3)c(-c3ccc(F)cc3)[nH]c2c1. The Balaban J connectivity index is 1.67. The number of hydrogen-bond donors (Lipinski definition) is 3. The first-order chi connectivity index (χ1) is 15.2. The summed E-state index contributed by atoms with van der Waals surface area (Å²) >= 11 is 0. The van der Waals surface area contributed by atoms with Gasteiger partial charge in [-0.05, 0) is 54.1 Å². The number of aliphatic hydroxyl groups is 1. The van der Waals surface area contributed by atoms with Gasteiger partial charge >= 0.3 is 0 Å². The number of nitrogens with zero attached hydrogens (tertiary/aromatic N) is 3. The Morgan fingerprint density at radius 1 is 1.00 bits per heavy atom. The van der Waals surface area contributed by atoms with Gasteiger partial charge in [-0.3, -0.25) is 0 Å². The van der Waals surface area contributed by atoms with Gasteiger partial charge in [-0.1, -0.05) is 18.2 Å². The number of aliphatic hydroxyl groups excluding tert-OH is 1. The highest BCUT2D eigenvalue weighted by molar-refractivity contribution is 5.76. The number of fused-ring (bicyclic) bond motifs is 1. The fourth-order valence-corrected chi connectivity index (χ4v) is 3.52. The molecule has 3 N–H and O–H groups in total. The molecule has 0 bridgehead atoms. The number of pyridine rings is 1. The molecule has 152 valence electrons. The van der Waals surface area contributed by atoms with E-state index in [4.69, 9.17) is 4.98 Å². The average molecular weight is 412 g/mol. The van der Waals surface area contributed by atoms with Crippen LogP contribution in [0.4, 0.5) is 16.0 Å². The second-order valence-corrected chi connectivity index (χ2v) is 7.06. The summed E-state index contributed by atoms with van der Waals surface area (Å²) in [6, 6.07) is 21.6. The minimum Gasteiger partial charge on any atom is -0.392 e. The van der Waals surface area contributed by atoms with Crippen molar-refractivity contribution in [3.63, 3.8) is 0 Å². The summed E-state index contributed by atoms with van der Waals surface area (Å²) in [6.07, 6.45) is 3.58. The van der Waals surface area contributed by atoms with E-state index in [2.05, 4.69) is 15.3 Å². The van der Waals surface area contributed by atoms with Crippen LogP contribution in [-0.2, 0) is 6.61 Å². The average Bonchev–Trinajstić information content (AvgIpc) is 3.19. The summed E-state index contributed by atoms with van der Waals surface area (Å²) in [7, 11) is 0. The Labute approximate surface area is 177 Å². The van der Waals surface area contributed by atoms with Crippen molar-refractivity contribution in [3.8, 4) is 22.6 Å². The minimum absolute atomic E-state index is 0.0601. The van der Waals surface area contributed by atoms with Crippen LogP contribution in [0.5, 0.6) is 0 Å². The molecule has 0 aliphatic carbocycles. The smallest absolute Gasteiger partial charge is 0.285 e. The van der Waals surface area contributed by atoms with Gasteiger partial charge in [-0.25, -0.2) is 19.3 Å². The van der Waals surface area contributed by atoms with Gasteiger partial charge in [0.2, 0.25) is 11.6 Å². The van der Waals surface area contributed by atoms with Gasteiger partial charge in [0.15, 0.2) is 5.69 Å². The van der Waals surface area contributed by atoms with Crippen molar-refractivity contribution in [3.05, 3.63) is 96.6 Å². The third kappa shape index (κ3) is 3.74. The molecule has 0 saturated heterocycles. The maximum absolute atomic E-state index is 13.5. The number of hydrogen-bond acceptors (Lipinski definition) is 4. The number of imidazole rings is 1. The second-order valence-electron chi connectivity index (χ2n) is 7.06. The first kappa shape index (κ1) is 18.9. The van der Waals surface area contributed by atoms with Crippen LogP contribution in [0.15, 0.2) is 85.2 Å². The molecule has 0 amide bonds. The van der Waals surface area contributed by atoms with E-state index in [0.29, 0.717) is 11.6 Å². The summed E-state index contributed by atoms with van der Waals surface area (Å²) in [5.74, 6) is 0.170. The molecule has 2 aromatic carbocycles. The summed E-state index contributed by atoms with van der Waals surface area (Å²) in [4.78, 5) is 12.5. The van der Waals surface area contributed by atoms with E-state index >= 15 is 0 Å². The van der Waals surface area contributed by atoms with Crippen LogP contribution in [0, 0.1) is 5.82 Å². The predicted molar refractivity (Wildman–Crippen MR) is 116 cm³/mol. The second kappa shape index (κ2) is 7.97. The predicted octanol–water partition coefficient (Wildman–Crippen LogP) is 4.25. The van der Waals surface area contributed by atoms with Gasteiger partial charge in [0, 0.05) is 23.5 Å². The lowest BCUT2D eigenvalue weighted by molar-refractivity contribution is -0.497. The molecule has 3 heterocycles. The zero-order chi connectivity index (χ0) is 21.2. The van der Waals surface area contributed by atoms with Crippen LogP contribution in [-0.4, -0.2) is 20.1 Å². The highest BCUT2D eigenvalue weighted by Crippen LogP contribution is 2.29. The van der Waals surface area contributed by atoms with Crippen molar-refractivity contribution in [2.24, 2.45) is 0 Å². The number of rotatable bonds is 5. The van der Waals surface area contributed by atoms with Crippen LogP contribution in [0.2, 0.25) is 0 Å². The summed E-state index contributed by atoms with van der Waals surface area (Å²) < 4.78 is 15.5. The number of anilines is 2. The molecule has 3 aromatic heterocycles. The molecule has 0 fully saturated rings. The molecule has 5 aromatic rings. The molecule has 0 atom stereocenters. The van der Waals surface area contributed by atoms with Gasteiger partial charge in [-0.15, -0.1) is 0 Å². The van der Waals surface area contributed by atoms with Gasteiger partial charge in [0.1, 0.15) is 11.5 Å². The number of halogens is 1. The Morgan fingerprint density at radius 2 is 1.81 bits per heavy atom. The molecule has 6 nitrogen and oxygen atoms in total. The number of aromatic amines is 1. The fourth-order valence-electron chi connectivity index (χ4n) is 3.52. The summed E-state index contributed by atoms with van der Waals surface area (Å²) in [6.45, 7) is -0.0601. The molecule has 7 heteroatoms. The quantitative estimate of drug-likeness (QED) is 0.377. The maximum atomic E-state index is 13.5. The van der Waals surface area contributed by atoms with Crippen molar-refractivity contribution in [2.75, 3.05) is 5.32 Å². The lowest BCUT2D eigenvalue weighted by Gasteiger charge is -2.06. The third-order valence-electron chi connectivity index (χ3n) is 4.99. The van der Waals surface area contributed by atoms with Gasteiger partial charge in [0.25, 0.3) is 5.65 Å². The van der Waals surface area contributed by atoms with Crippen LogP contribution in [0.3, 0.4) is 0 Å². The fraction of sp³-hybridized carbons (Fsp3) is 0.0417. The van der Waals surface area contributed by atoms with Gasteiger partial charge in [0.05, 0.1) is 12.8 Å². The van der Waals surface area contributed by atoms with Crippen molar-refractivity contribution >= 4 is 17.3 Å². The van der Waals surface area contributed by atoms with E-state index in [-0.39, 0.29) is 12.4 Å². The molecule has 0 radical (unpaired) electrons.